The Morgan fingerprint density at radius 1 is 0.413 bits per heavy atom. The van der Waals surface area contributed by atoms with Crippen molar-refractivity contribution in [2.75, 3.05) is 0 Å². The average Bonchev–Trinajstić information content (AvgIpc) is 3.33. The molecule has 0 atom stereocenters. The fourth-order valence-corrected chi connectivity index (χ4v) is 7.54. The SMILES string of the molecule is CC1(C)c2ccccc2-c2ccc(-c3cccc(-c4nc(Cl)nc(-c5ccc6c7ccccc7c7ccccc7c6c5)n4)c3)cc21. The van der Waals surface area contributed by atoms with Crippen LogP contribution in [0.3, 0.4) is 0 Å². The molecule has 8 aromatic rings. The molecule has 1 aliphatic rings. The first kappa shape index (κ1) is 27.0. The number of nitrogens with zero attached hydrogens (tertiary/aromatic N) is 3. The van der Waals surface area contributed by atoms with E-state index in [0.29, 0.717) is 11.6 Å². The maximum absolute atomic E-state index is 6.58. The third-order valence-corrected chi connectivity index (χ3v) is 9.82. The molecule has 0 radical (unpaired) electrons. The van der Waals surface area contributed by atoms with Gasteiger partial charge in [0.25, 0.3) is 0 Å². The summed E-state index contributed by atoms with van der Waals surface area (Å²) < 4.78 is 0. The molecule has 0 aliphatic heterocycles. The second-order valence-corrected chi connectivity index (χ2v) is 13.0. The zero-order valence-corrected chi connectivity index (χ0v) is 26.2. The molecule has 0 bridgehead atoms. The van der Waals surface area contributed by atoms with E-state index in [0.717, 1.165) is 27.6 Å². The smallest absolute Gasteiger partial charge is 0.208 e. The predicted molar refractivity (Wildman–Crippen MR) is 191 cm³/mol. The molecule has 4 heteroatoms. The van der Waals surface area contributed by atoms with Gasteiger partial charge in [0, 0.05) is 16.5 Å². The lowest BCUT2D eigenvalue weighted by Gasteiger charge is -2.22. The van der Waals surface area contributed by atoms with Gasteiger partial charge in [0.1, 0.15) is 0 Å². The van der Waals surface area contributed by atoms with Crippen LogP contribution in [-0.2, 0) is 5.41 Å². The Hall–Kier alpha value is -5.38. The Balaban J connectivity index is 1.14. The molecule has 9 rings (SSSR count). The first-order chi connectivity index (χ1) is 22.5. The third kappa shape index (κ3) is 4.09. The number of aromatic nitrogens is 3. The van der Waals surface area contributed by atoms with Crippen molar-refractivity contribution in [1.29, 1.82) is 0 Å². The maximum Gasteiger partial charge on any atom is 0.226 e. The summed E-state index contributed by atoms with van der Waals surface area (Å²) in [6, 6.07) is 47.5. The molecule has 7 aromatic carbocycles. The Bertz CT molecular complexity index is 2500. The quantitative estimate of drug-likeness (QED) is 0.187. The predicted octanol–water partition coefficient (Wildman–Crippen LogP) is 11.3. The molecule has 0 saturated carbocycles. The molecular formula is C42H28ClN3. The first-order valence-corrected chi connectivity index (χ1v) is 15.9. The average molecular weight is 610 g/mol. The van der Waals surface area contributed by atoms with E-state index in [9.17, 15) is 0 Å². The van der Waals surface area contributed by atoms with Crippen LogP contribution in [0.25, 0.3) is 77.3 Å². The molecule has 1 heterocycles. The highest BCUT2D eigenvalue weighted by atomic mass is 35.5. The summed E-state index contributed by atoms with van der Waals surface area (Å²) in [5.41, 5.74) is 9.35. The minimum absolute atomic E-state index is 0.0619. The van der Waals surface area contributed by atoms with E-state index in [1.54, 1.807) is 0 Å². The van der Waals surface area contributed by atoms with Crippen LogP contribution in [-0.4, -0.2) is 15.0 Å². The van der Waals surface area contributed by atoms with Gasteiger partial charge in [-0.25, -0.2) is 4.98 Å². The number of fused-ring (bicyclic) bond motifs is 9. The highest BCUT2D eigenvalue weighted by molar-refractivity contribution is 6.28. The van der Waals surface area contributed by atoms with Gasteiger partial charge in [0.05, 0.1) is 0 Å². The van der Waals surface area contributed by atoms with E-state index in [-0.39, 0.29) is 10.7 Å². The zero-order valence-electron chi connectivity index (χ0n) is 25.4. The summed E-state index contributed by atoms with van der Waals surface area (Å²) in [4.78, 5) is 14.1. The minimum atomic E-state index is -0.0619. The molecule has 3 nitrogen and oxygen atoms in total. The van der Waals surface area contributed by atoms with Gasteiger partial charge in [0.15, 0.2) is 11.6 Å². The van der Waals surface area contributed by atoms with Gasteiger partial charge in [-0.3, -0.25) is 0 Å². The van der Waals surface area contributed by atoms with Gasteiger partial charge in [-0.05, 0) is 95.5 Å². The van der Waals surface area contributed by atoms with E-state index >= 15 is 0 Å². The second-order valence-electron chi connectivity index (χ2n) is 12.6. The Kier molecular flexibility index (Phi) is 5.90. The van der Waals surface area contributed by atoms with Gasteiger partial charge in [-0.1, -0.05) is 129 Å². The fraction of sp³-hybridized carbons (Fsp3) is 0.0714. The number of halogens is 1. The summed E-state index contributed by atoms with van der Waals surface area (Å²) in [5.74, 6) is 1.10. The lowest BCUT2D eigenvalue weighted by atomic mass is 9.81. The van der Waals surface area contributed by atoms with Crippen LogP contribution in [0.1, 0.15) is 25.0 Å². The molecule has 0 unspecified atom stereocenters. The molecule has 0 saturated heterocycles. The van der Waals surface area contributed by atoms with E-state index in [2.05, 4.69) is 151 Å². The van der Waals surface area contributed by atoms with Gasteiger partial charge in [-0.15, -0.1) is 0 Å². The van der Waals surface area contributed by atoms with Crippen LogP contribution in [0.2, 0.25) is 5.28 Å². The third-order valence-electron chi connectivity index (χ3n) is 9.65. The fourth-order valence-electron chi connectivity index (χ4n) is 7.38. The van der Waals surface area contributed by atoms with Crippen molar-refractivity contribution in [2.24, 2.45) is 0 Å². The molecule has 1 aliphatic carbocycles. The largest absolute Gasteiger partial charge is 0.226 e. The molecule has 0 amide bonds. The number of hydrogen-bond donors (Lipinski definition) is 0. The minimum Gasteiger partial charge on any atom is -0.208 e. The highest BCUT2D eigenvalue weighted by Gasteiger charge is 2.35. The van der Waals surface area contributed by atoms with Crippen molar-refractivity contribution in [1.82, 2.24) is 15.0 Å². The Labute approximate surface area is 272 Å². The number of hydrogen-bond acceptors (Lipinski definition) is 3. The standard InChI is InChI=1S/C42H28ClN3/c1-42(2)37-17-8-7-16-34(37)35-21-18-26(24-38(35)42)25-10-9-11-27(22-25)39-44-40(46-41(43)45-39)28-19-20-33-31-14-4-3-12-29(31)30-13-5-6-15-32(30)36(33)23-28/h3-24H,1-2H3. The van der Waals surface area contributed by atoms with E-state index in [1.807, 2.05) is 6.07 Å². The lowest BCUT2D eigenvalue weighted by Crippen LogP contribution is -2.14. The van der Waals surface area contributed by atoms with Gasteiger partial charge >= 0.3 is 0 Å². The van der Waals surface area contributed by atoms with Crippen molar-refractivity contribution in [3.63, 3.8) is 0 Å². The maximum atomic E-state index is 6.58. The van der Waals surface area contributed by atoms with Crippen molar-refractivity contribution in [3.05, 3.63) is 150 Å². The lowest BCUT2D eigenvalue weighted by molar-refractivity contribution is 0.660. The van der Waals surface area contributed by atoms with Crippen molar-refractivity contribution >= 4 is 43.9 Å². The number of rotatable bonds is 3. The molecule has 0 spiro atoms. The molecular weight excluding hydrogens is 582 g/mol. The van der Waals surface area contributed by atoms with E-state index in [1.165, 1.54) is 49.2 Å². The van der Waals surface area contributed by atoms with Gasteiger partial charge in [0.2, 0.25) is 5.28 Å². The summed E-state index contributed by atoms with van der Waals surface area (Å²) in [7, 11) is 0. The van der Waals surface area contributed by atoms with Crippen LogP contribution >= 0.6 is 11.6 Å². The summed E-state index contributed by atoms with van der Waals surface area (Å²) in [6.07, 6.45) is 0. The number of benzene rings is 7. The summed E-state index contributed by atoms with van der Waals surface area (Å²) in [5, 5.41) is 7.44. The molecule has 218 valence electrons. The first-order valence-electron chi connectivity index (χ1n) is 15.6. The van der Waals surface area contributed by atoms with E-state index < -0.39 is 0 Å². The monoisotopic (exact) mass is 609 g/mol. The molecule has 0 N–H and O–H groups in total. The zero-order chi connectivity index (χ0) is 31.0. The Morgan fingerprint density at radius 2 is 0.935 bits per heavy atom. The highest BCUT2D eigenvalue weighted by Crippen LogP contribution is 2.49. The summed E-state index contributed by atoms with van der Waals surface area (Å²) in [6.45, 7) is 4.62. The van der Waals surface area contributed by atoms with Crippen molar-refractivity contribution in [2.45, 2.75) is 19.3 Å². The van der Waals surface area contributed by atoms with Crippen LogP contribution < -0.4 is 0 Å². The van der Waals surface area contributed by atoms with Crippen molar-refractivity contribution < 1.29 is 0 Å². The van der Waals surface area contributed by atoms with Crippen LogP contribution in [0.5, 0.6) is 0 Å². The van der Waals surface area contributed by atoms with Crippen LogP contribution in [0.15, 0.2) is 133 Å². The summed E-state index contributed by atoms with van der Waals surface area (Å²) >= 11 is 6.58. The van der Waals surface area contributed by atoms with Crippen LogP contribution in [0, 0.1) is 0 Å². The van der Waals surface area contributed by atoms with Gasteiger partial charge < -0.3 is 0 Å². The normalized spacial score (nSPS) is 13.3. The molecule has 46 heavy (non-hydrogen) atoms. The van der Waals surface area contributed by atoms with E-state index in [4.69, 9.17) is 16.6 Å². The molecule has 1 aromatic heterocycles. The molecule has 0 fully saturated rings. The van der Waals surface area contributed by atoms with Crippen LogP contribution in [0.4, 0.5) is 0 Å². The van der Waals surface area contributed by atoms with Gasteiger partial charge in [-0.2, -0.15) is 9.97 Å². The second kappa shape index (κ2) is 10.1. The topological polar surface area (TPSA) is 38.7 Å². The van der Waals surface area contributed by atoms with Crippen molar-refractivity contribution in [3.8, 4) is 45.0 Å². The Morgan fingerprint density at radius 3 is 1.65 bits per heavy atom.